The zero-order valence-electron chi connectivity index (χ0n) is 13.1. The van der Waals surface area contributed by atoms with Gasteiger partial charge in [-0.15, -0.1) is 0 Å². The van der Waals surface area contributed by atoms with Crippen molar-refractivity contribution in [1.82, 2.24) is 20.4 Å². The summed E-state index contributed by atoms with van der Waals surface area (Å²) in [5.41, 5.74) is 0. The highest BCUT2D eigenvalue weighted by Gasteiger charge is 2.16. The Bertz CT molecular complexity index is 278. The molecule has 2 unspecified atom stereocenters. The Kier molecular flexibility index (Phi) is 7.87. The molecule has 0 aromatic heterocycles. The smallest absolute Gasteiger partial charge is 0.314 e. The molecule has 2 amide bonds. The van der Waals surface area contributed by atoms with Crippen molar-refractivity contribution < 1.29 is 9.90 Å². The molecule has 20 heavy (non-hydrogen) atoms. The summed E-state index contributed by atoms with van der Waals surface area (Å²) >= 11 is 0. The van der Waals surface area contributed by atoms with Crippen LogP contribution in [-0.2, 0) is 0 Å². The van der Waals surface area contributed by atoms with Crippen molar-refractivity contribution in [2.75, 3.05) is 52.9 Å². The van der Waals surface area contributed by atoms with Gasteiger partial charge in [-0.05, 0) is 26.3 Å². The second kappa shape index (κ2) is 9.15. The molecule has 3 N–H and O–H groups in total. The average Bonchev–Trinajstić information content (AvgIpc) is 2.39. The summed E-state index contributed by atoms with van der Waals surface area (Å²) in [5.74, 6) is 0.445. The number of likely N-dealkylation sites (N-methyl/N-ethyl adjacent to an activating group) is 1. The van der Waals surface area contributed by atoms with Crippen molar-refractivity contribution >= 4 is 6.03 Å². The fraction of sp³-hybridized carbons (Fsp3) is 0.929. The summed E-state index contributed by atoms with van der Waals surface area (Å²) in [7, 11) is 2.15. The number of urea groups is 1. The zero-order valence-corrected chi connectivity index (χ0v) is 13.1. The Hall–Kier alpha value is -0.850. The average molecular weight is 286 g/mol. The lowest BCUT2D eigenvalue weighted by Gasteiger charge is -2.33. The van der Waals surface area contributed by atoms with Gasteiger partial charge in [-0.3, -0.25) is 0 Å². The minimum Gasteiger partial charge on any atom is -0.393 e. The molecule has 1 rings (SSSR count). The quantitative estimate of drug-likeness (QED) is 0.613. The Labute approximate surface area is 122 Å². The third-order valence-corrected chi connectivity index (χ3v) is 3.62. The Morgan fingerprint density at radius 3 is 2.45 bits per heavy atom. The molecule has 1 aliphatic heterocycles. The maximum absolute atomic E-state index is 11.5. The summed E-state index contributed by atoms with van der Waals surface area (Å²) < 4.78 is 0. The van der Waals surface area contributed by atoms with Crippen LogP contribution in [0.4, 0.5) is 4.79 Å². The van der Waals surface area contributed by atoms with Gasteiger partial charge in [-0.1, -0.05) is 6.92 Å². The van der Waals surface area contributed by atoms with Gasteiger partial charge in [0.15, 0.2) is 0 Å². The van der Waals surface area contributed by atoms with Gasteiger partial charge in [-0.25, -0.2) is 4.79 Å². The lowest BCUT2D eigenvalue weighted by Crippen LogP contribution is -2.47. The van der Waals surface area contributed by atoms with Gasteiger partial charge in [0.1, 0.15) is 0 Å². The molecule has 1 fully saturated rings. The number of amides is 2. The molecule has 0 aromatic carbocycles. The fourth-order valence-electron chi connectivity index (χ4n) is 2.26. The first-order valence-corrected chi connectivity index (χ1v) is 7.58. The van der Waals surface area contributed by atoms with E-state index in [0.717, 1.165) is 32.7 Å². The Morgan fingerprint density at radius 2 is 1.85 bits per heavy atom. The molecule has 0 spiro atoms. The molecule has 2 atom stereocenters. The molecule has 6 nitrogen and oxygen atoms in total. The summed E-state index contributed by atoms with van der Waals surface area (Å²) in [6.45, 7) is 10.6. The molecule has 1 heterocycles. The van der Waals surface area contributed by atoms with Crippen LogP contribution in [0.2, 0.25) is 0 Å². The lowest BCUT2D eigenvalue weighted by atomic mass is 10.1. The second-order valence-corrected chi connectivity index (χ2v) is 5.98. The van der Waals surface area contributed by atoms with Crippen LogP contribution < -0.4 is 10.6 Å². The fourth-order valence-corrected chi connectivity index (χ4v) is 2.26. The first-order valence-electron chi connectivity index (χ1n) is 7.58. The Morgan fingerprint density at radius 1 is 1.20 bits per heavy atom. The monoisotopic (exact) mass is 286 g/mol. The van der Waals surface area contributed by atoms with Crippen molar-refractivity contribution in [3.63, 3.8) is 0 Å². The summed E-state index contributed by atoms with van der Waals surface area (Å²) in [5, 5.41) is 14.7. The highest BCUT2D eigenvalue weighted by Crippen LogP contribution is 2.03. The van der Waals surface area contributed by atoms with Crippen LogP contribution in [0.5, 0.6) is 0 Å². The van der Waals surface area contributed by atoms with Gasteiger partial charge in [0.25, 0.3) is 0 Å². The van der Waals surface area contributed by atoms with E-state index in [9.17, 15) is 4.79 Å². The van der Waals surface area contributed by atoms with E-state index >= 15 is 0 Å². The standard InChI is InChI=1S/C14H30N4O2/c1-12(11-18-8-6-17(3)7-9-18)10-16-14(20)15-5-4-13(2)19/h12-13,19H,4-11H2,1-3H3,(H2,15,16,20). The van der Waals surface area contributed by atoms with Crippen LogP contribution in [0.1, 0.15) is 20.3 Å². The lowest BCUT2D eigenvalue weighted by molar-refractivity contribution is 0.138. The minimum atomic E-state index is -0.369. The topological polar surface area (TPSA) is 67.8 Å². The van der Waals surface area contributed by atoms with Crippen LogP contribution in [-0.4, -0.2) is 79.9 Å². The zero-order chi connectivity index (χ0) is 15.0. The van der Waals surface area contributed by atoms with Crippen LogP contribution in [0.15, 0.2) is 0 Å². The van der Waals surface area contributed by atoms with E-state index in [4.69, 9.17) is 5.11 Å². The van der Waals surface area contributed by atoms with Gasteiger partial charge >= 0.3 is 6.03 Å². The minimum absolute atomic E-state index is 0.143. The van der Waals surface area contributed by atoms with Crippen molar-refractivity contribution in [2.24, 2.45) is 5.92 Å². The van der Waals surface area contributed by atoms with Crippen LogP contribution in [0.25, 0.3) is 0 Å². The predicted octanol–water partition coefficient (Wildman–Crippen LogP) is -0.0600. The van der Waals surface area contributed by atoms with E-state index in [-0.39, 0.29) is 12.1 Å². The summed E-state index contributed by atoms with van der Waals surface area (Å²) in [4.78, 5) is 16.3. The molecule has 6 heteroatoms. The third kappa shape index (κ3) is 7.67. The van der Waals surface area contributed by atoms with Crippen LogP contribution in [0.3, 0.4) is 0 Å². The van der Waals surface area contributed by atoms with E-state index in [1.54, 1.807) is 6.92 Å². The molecular weight excluding hydrogens is 256 g/mol. The number of aliphatic hydroxyl groups is 1. The third-order valence-electron chi connectivity index (χ3n) is 3.62. The van der Waals surface area contributed by atoms with Crippen LogP contribution in [0, 0.1) is 5.92 Å². The number of nitrogens with one attached hydrogen (secondary N) is 2. The number of carbonyl (C=O) groups is 1. The molecule has 118 valence electrons. The van der Waals surface area contributed by atoms with E-state index in [1.165, 1.54) is 0 Å². The van der Waals surface area contributed by atoms with Gasteiger partial charge in [0.05, 0.1) is 6.10 Å². The highest BCUT2D eigenvalue weighted by atomic mass is 16.3. The number of nitrogens with zero attached hydrogens (tertiary/aromatic N) is 2. The van der Waals surface area contributed by atoms with E-state index in [1.807, 2.05) is 0 Å². The highest BCUT2D eigenvalue weighted by molar-refractivity contribution is 5.73. The Balaban J connectivity index is 2.07. The molecule has 1 aliphatic rings. The molecular formula is C14H30N4O2. The predicted molar refractivity (Wildman–Crippen MR) is 80.8 cm³/mol. The molecule has 0 aliphatic carbocycles. The molecule has 0 radical (unpaired) electrons. The summed E-state index contributed by atoms with van der Waals surface area (Å²) in [6, 6.07) is -0.143. The molecule has 0 saturated carbocycles. The maximum Gasteiger partial charge on any atom is 0.314 e. The van der Waals surface area contributed by atoms with E-state index in [0.29, 0.717) is 25.4 Å². The number of hydrogen-bond donors (Lipinski definition) is 3. The van der Waals surface area contributed by atoms with Crippen molar-refractivity contribution in [3.8, 4) is 0 Å². The van der Waals surface area contributed by atoms with E-state index in [2.05, 4.69) is 34.4 Å². The van der Waals surface area contributed by atoms with Crippen LogP contribution >= 0.6 is 0 Å². The van der Waals surface area contributed by atoms with E-state index < -0.39 is 0 Å². The van der Waals surface area contributed by atoms with Gasteiger partial charge in [0, 0.05) is 45.8 Å². The molecule has 1 saturated heterocycles. The number of aliphatic hydroxyl groups excluding tert-OH is 1. The van der Waals surface area contributed by atoms with Crippen molar-refractivity contribution in [3.05, 3.63) is 0 Å². The summed E-state index contributed by atoms with van der Waals surface area (Å²) in [6.07, 6.45) is 0.219. The number of rotatable bonds is 7. The maximum atomic E-state index is 11.5. The number of carbonyl (C=O) groups excluding carboxylic acids is 1. The van der Waals surface area contributed by atoms with Gasteiger partial charge in [0.2, 0.25) is 0 Å². The first kappa shape index (κ1) is 17.2. The SMILES string of the molecule is CC(O)CCNC(=O)NCC(C)CN1CCN(C)CC1. The molecule has 0 aromatic rings. The van der Waals surface area contributed by atoms with Gasteiger partial charge in [-0.2, -0.15) is 0 Å². The number of piperazine rings is 1. The second-order valence-electron chi connectivity index (χ2n) is 5.98. The molecule has 0 bridgehead atoms. The van der Waals surface area contributed by atoms with Crippen molar-refractivity contribution in [1.29, 1.82) is 0 Å². The first-order chi connectivity index (χ1) is 9.47. The normalized spacial score (nSPS) is 20.4. The van der Waals surface area contributed by atoms with Crippen molar-refractivity contribution in [2.45, 2.75) is 26.4 Å². The van der Waals surface area contributed by atoms with Gasteiger partial charge < -0.3 is 25.5 Å². The number of hydrogen-bond acceptors (Lipinski definition) is 4. The largest absolute Gasteiger partial charge is 0.393 e.